The van der Waals surface area contributed by atoms with Crippen molar-refractivity contribution in [1.82, 2.24) is 14.7 Å². The van der Waals surface area contributed by atoms with Gasteiger partial charge in [-0.25, -0.2) is 4.68 Å². The average molecular weight is 348 g/mol. The van der Waals surface area contributed by atoms with Gasteiger partial charge in [-0.1, -0.05) is 26.0 Å². The summed E-state index contributed by atoms with van der Waals surface area (Å²) in [6.45, 7) is 7.21. The molecule has 26 heavy (non-hydrogen) atoms. The molecule has 0 bridgehead atoms. The number of hydrogen-bond acceptors (Lipinski definition) is 3. The highest BCUT2D eigenvalue weighted by molar-refractivity contribution is 6.04. The normalized spacial score (nSPS) is 10.9. The maximum atomic E-state index is 12.5. The van der Waals surface area contributed by atoms with E-state index in [1.54, 1.807) is 10.9 Å². The minimum Gasteiger partial charge on any atom is -0.322 e. The van der Waals surface area contributed by atoms with Crippen molar-refractivity contribution in [3.05, 3.63) is 78.1 Å². The van der Waals surface area contributed by atoms with Gasteiger partial charge in [0.25, 0.3) is 5.91 Å². The first kappa shape index (κ1) is 17.9. The molecule has 3 rings (SSSR count). The Hall–Kier alpha value is -2.92. The fourth-order valence-electron chi connectivity index (χ4n) is 2.84. The van der Waals surface area contributed by atoms with E-state index in [4.69, 9.17) is 0 Å². The molecule has 1 N–H and O–H groups in total. The van der Waals surface area contributed by atoms with Crippen LogP contribution in [0.4, 0.5) is 5.69 Å². The molecule has 0 saturated heterocycles. The van der Waals surface area contributed by atoms with E-state index in [-0.39, 0.29) is 5.91 Å². The summed E-state index contributed by atoms with van der Waals surface area (Å²) in [4.78, 5) is 14.9. The maximum absolute atomic E-state index is 12.5. The predicted molar refractivity (Wildman–Crippen MR) is 105 cm³/mol. The van der Waals surface area contributed by atoms with E-state index < -0.39 is 0 Å². The number of benzene rings is 2. The molecule has 1 aromatic heterocycles. The molecular weight excluding hydrogens is 324 g/mol. The summed E-state index contributed by atoms with van der Waals surface area (Å²) in [5.41, 5.74) is 3.55. The molecular formula is C21H24N4O. The van der Waals surface area contributed by atoms with Crippen LogP contribution in [0.1, 0.15) is 29.8 Å². The molecule has 0 radical (unpaired) electrons. The van der Waals surface area contributed by atoms with Crippen LogP contribution in [0.25, 0.3) is 5.69 Å². The molecule has 0 unspecified atom stereocenters. The van der Waals surface area contributed by atoms with Gasteiger partial charge in [0.05, 0.1) is 5.69 Å². The Labute approximate surface area is 154 Å². The van der Waals surface area contributed by atoms with Crippen molar-refractivity contribution in [2.45, 2.75) is 20.4 Å². The van der Waals surface area contributed by atoms with Crippen LogP contribution in [-0.4, -0.2) is 33.7 Å². The van der Waals surface area contributed by atoms with Gasteiger partial charge in [-0.3, -0.25) is 9.69 Å². The van der Waals surface area contributed by atoms with Crippen LogP contribution in [0.2, 0.25) is 0 Å². The van der Waals surface area contributed by atoms with E-state index in [0.717, 1.165) is 31.0 Å². The van der Waals surface area contributed by atoms with Crippen LogP contribution < -0.4 is 5.32 Å². The average Bonchev–Trinajstić information content (AvgIpc) is 3.21. The van der Waals surface area contributed by atoms with Gasteiger partial charge in [0.2, 0.25) is 0 Å². The highest BCUT2D eigenvalue weighted by atomic mass is 16.1. The first-order chi connectivity index (χ1) is 12.7. The van der Waals surface area contributed by atoms with Crippen molar-refractivity contribution in [3.63, 3.8) is 0 Å². The van der Waals surface area contributed by atoms with Gasteiger partial charge in [0.15, 0.2) is 0 Å². The van der Waals surface area contributed by atoms with Crippen molar-refractivity contribution in [2.75, 3.05) is 18.4 Å². The Kier molecular flexibility index (Phi) is 5.81. The number of hydrogen-bond donors (Lipinski definition) is 1. The Morgan fingerprint density at radius 3 is 2.50 bits per heavy atom. The van der Waals surface area contributed by atoms with Crippen molar-refractivity contribution >= 4 is 11.6 Å². The topological polar surface area (TPSA) is 50.2 Å². The SMILES string of the molecule is CCN(CC)Cc1cccc(NC(=O)c2ccc(-n3cccn3)cc2)c1. The molecule has 3 aromatic rings. The number of aromatic nitrogens is 2. The Balaban J connectivity index is 1.68. The summed E-state index contributed by atoms with van der Waals surface area (Å²) < 4.78 is 1.76. The number of amides is 1. The molecule has 5 nitrogen and oxygen atoms in total. The number of rotatable bonds is 7. The zero-order valence-corrected chi connectivity index (χ0v) is 15.2. The standard InChI is InChI=1S/C21H24N4O/c1-3-24(4-2)16-17-7-5-8-19(15-17)23-21(26)18-9-11-20(12-10-18)25-14-6-13-22-25/h5-15H,3-4,16H2,1-2H3,(H,23,26). The number of anilines is 1. The molecule has 5 heteroatoms. The molecule has 0 fully saturated rings. The lowest BCUT2D eigenvalue weighted by molar-refractivity contribution is 0.102. The summed E-state index contributed by atoms with van der Waals surface area (Å²) in [7, 11) is 0. The molecule has 0 aliphatic carbocycles. The lowest BCUT2D eigenvalue weighted by Crippen LogP contribution is -2.22. The van der Waals surface area contributed by atoms with Crippen LogP contribution in [0.3, 0.4) is 0 Å². The molecule has 0 saturated carbocycles. The summed E-state index contributed by atoms with van der Waals surface area (Å²) in [5, 5.41) is 7.17. The highest BCUT2D eigenvalue weighted by Crippen LogP contribution is 2.15. The molecule has 0 spiro atoms. The predicted octanol–water partition coefficient (Wildman–Crippen LogP) is 3.97. The van der Waals surface area contributed by atoms with Gasteiger partial charge in [-0.15, -0.1) is 0 Å². The van der Waals surface area contributed by atoms with E-state index in [0.29, 0.717) is 5.56 Å². The number of nitrogens with one attached hydrogen (secondary N) is 1. The van der Waals surface area contributed by atoms with E-state index in [1.807, 2.05) is 54.7 Å². The minimum absolute atomic E-state index is 0.114. The third-order valence-corrected chi connectivity index (χ3v) is 4.38. The zero-order valence-electron chi connectivity index (χ0n) is 15.2. The number of carbonyl (C=O) groups is 1. The molecule has 2 aromatic carbocycles. The van der Waals surface area contributed by atoms with Crippen LogP contribution in [0, 0.1) is 0 Å². The van der Waals surface area contributed by atoms with Crippen LogP contribution in [0.5, 0.6) is 0 Å². The van der Waals surface area contributed by atoms with E-state index in [9.17, 15) is 4.79 Å². The van der Waals surface area contributed by atoms with Crippen LogP contribution in [-0.2, 0) is 6.54 Å². The summed E-state index contributed by atoms with van der Waals surface area (Å²) in [6.07, 6.45) is 3.60. The lowest BCUT2D eigenvalue weighted by Gasteiger charge is -2.18. The van der Waals surface area contributed by atoms with E-state index in [1.165, 1.54) is 5.56 Å². The second-order valence-corrected chi connectivity index (χ2v) is 6.11. The fourth-order valence-corrected chi connectivity index (χ4v) is 2.84. The molecule has 134 valence electrons. The monoisotopic (exact) mass is 348 g/mol. The molecule has 0 atom stereocenters. The van der Waals surface area contributed by atoms with Gasteiger partial charge < -0.3 is 5.32 Å². The maximum Gasteiger partial charge on any atom is 0.255 e. The smallest absolute Gasteiger partial charge is 0.255 e. The summed E-state index contributed by atoms with van der Waals surface area (Å²) in [6, 6.07) is 17.3. The highest BCUT2D eigenvalue weighted by Gasteiger charge is 2.08. The Bertz CT molecular complexity index is 837. The zero-order chi connectivity index (χ0) is 18.4. The van der Waals surface area contributed by atoms with Crippen LogP contribution in [0.15, 0.2) is 67.0 Å². The number of carbonyl (C=O) groups excluding carboxylic acids is 1. The second kappa shape index (κ2) is 8.45. The molecule has 1 heterocycles. The molecule has 0 aliphatic heterocycles. The first-order valence-electron chi connectivity index (χ1n) is 8.92. The van der Waals surface area contributed by atoms with Gasteiger partial charge in [-0.2, -0.15) is 5.10 Å². The third kappa shape index (κ3) is 4.37. The van der Waals surface area contributed by atoms with E-state index in [2.05, 4.69) is 35.2 Å². The second-order valence-electron chi connectivity index (χ2n) is 6.11. The Morgan fingerprint density at radius 1 is 1.08 bits per heavy atom. The number of nitrogens with zero attached hydrogens (tertiary/aromatic N) is 3. The van der Waals surface area contributed by atoms with E-state index >= 15 is 0 Å². The van der Waals surface area contributed by atoms with Gasteiger partial charge in [-0.05, 0) is 61.1 Å². The lowest BCUT2D eigenvalue weighted by atomic mass is 10.1. The van der Waals surface area contributed by atoms with Gasteiger partial charge >= 0.3 is 0 Å². The molecule has 1 amide bonds. The van der Waals surface area contributed by atoms with Crippen molar-refractivity contribution < 1.29 is 4.79 Å². The van der Waals surface area contributed by atoms with Gasteiger partial charge in [0, 0.05) is 30.2 Å². The summed E-state index contributed by atoms with van der Waals surface area (Å²) >= 11 is 0. The van der Waals surface area contributed by atoms with Crippen molar-refractivity contribution in [3.8, 4) is 5.69 Å². The quantitative estimate of drug-likeness (QED) is 0.703. The first-order valence-corrected chi connectivity index (χ1v) is 8.92. The van der Waals surface area contributed by atoms with Crippen molar-refractivity contribution in [2.24, 2.45) is 0 Å². The summed E-state index contributed by atoms with van der Waals surface area (Å²) in [5.74, 6) is -0.114. The van der Waals surface area contributed by atoms with Crippen molar-refractivity contribution in [1.29, 1.82) is 0 Å². The Morgan fingerprint density at radius 2 is 1.85 bits per heavy atom. The minimum atomic E-state index is -0.114. The van der Waals surface area contributed by atoms with Crippen LogP contribution >= 0.6 is 0 Å². The third-order valence-electron chi connectivity index (χ3n) is 4.38. The fraction of sp³-hybridized carbons (Fsp3) is 0.238. The molecule has 0 aliphatic rings. The van der Waals surface area contributed by atoms with Gasteiger partial charge in [0.1, 0.15) is 0 Å². The largest absolute Gasteiger partial charge is 0.322 e.